The van der Waals surface area contributed by atoms with Gasteiger partial charge in [-0.2, -0.15) is 0 Å². The van der Waals surface area contributed by atoms with Crippen LogP contribution in [-0.2, 0) is 0 Å². The highest BCUT2D eigenvalue weighted by Crippen LogP contribution is 2.26. The summed E-state index contributed by atoms with van der Waals surface area (Å²) in [6, 6.07) is 8.55. The lowest BCUT2D eigenvalue weighted by Crippen LogP contribution is -2.41. The summed E-state index contributed by atoms with van der Waals surface area (Å²) in [6.07, 6.45) is 3.50. The van der Waals surface area contributed by atoms with E-state index in [2.05, 4.69) is 10.3 Å². The van der Waals surface area contributed by atoms with Gasteiger partial charge in [0.25, 0.3) is 0 Å². The van der Waals surface area contributed by atoms with Gasteiger partial charge in [0.2, 0.25) is 0 Å². The third-order valence-corrected chi connectivity index (χ3v) is 4.59. The Morgan fingerprint density at radius 3 is 2.56 bits per heavy atom. The highest BCUT2D eigenvalue weighted by molar-refractivity contribution is 6.42. The molecule has 1 N–H and O–H groups in total. The zero-order valence-electron chi connectivity index (χ0n) is 14.5. The first kappa shape index (κ1) is 19.5. The number of anilines is 1. The first-order chi connectivity index (χ1) is 11.9. The second kappa shape index (κ2) is 9.04. The van der Waals surface area contributed by atoms with Crippen molar-refractivity contribution in [3.8, 4) is 0 Å². The van der Waals surface area contributed by atoms with E-state index >= 15 is 0 Å². The minimum absolute atomic E-state index is 0.114. The number of carbonyl (C=O) groups excluding carboxylic acids is 1. The SMILES string of the molecule is C[C@H](c1cccnc1)N(CCN(C)C)C(=O)Nc1ccc(Cl)c(Cl)c1. The Hall–Kier alpha value is -1.82. The summed E-state index contributed by atoms with van der Waals surface area (Å²) in [5.74, 6) is 0. The van der Waals surface area contributed by atoms with Crippen LogP contribution >= 0.6 is 23.2 Å². The number of urea groups is 1. The van der Waals surface area contributed by atoms with Crippen LogP contribution in [0.25, 0.3) is 0 Å². The van der Waals surface area contributed by atoms with Gasteiger partial charge in [0.05, 0.1) is 16.1 Å². The third-order valence-electron chi connectivity index (χ3n) is 3.85. The Bertz CT molecular complexity index is 709. The van der Waals surface area contributed by atoms with Crippen LogP contribution in [-0.4, -0.2) is 48.0 Å². The number of aromatic nitrogens is 1. The van der Waals surface area contributed by atoms with E-state index in [1.165, 1.54) is 0 Å². The maximum absolute atomic E-state index is 12.8. The highest BCUT2D eigenvalue weighted by Gasteiger charge is 2.22. The summed E-state index contributed by atoms with van der Waals surface area (Å²) in [7, 11) is 3.95. The van der Waals surface area contributed by atoms with Gasteiger partial charge in [-0.15, -0.1) is 0 Å². The molecule has 1 heterocycles. The Labute approximate surface area is 158 Å². The first-order valence-corrected chi connectivity index (χ1v) is 8.71. The van der Waals surface area contributed by atoms with Crippen molar-refractivity contribution in [3.63, 3.8) is 0 Å². The second-order valence-electron chi connectivity index (χ2n) is 6.02. The lowest BCUT2D eigenvalue weighted by molar-refractivity contribution is 0.185. The molecule has 0 fully saturated rings. The van der Waals surface area contributed by atoms with Crippen LogP contribution in [0.1, 0.15) is 18.5 Å². The zero-order valence-corrected chi connectivity index (χ0v) is 16.1. The maximum Gasteiger partial charge on any atom is 0.322 e. The molecule has 0 bridgehead atoms. The topological polar surface area (TPSA) is 48.5 Å². The van der Waals surface area contributed by atoms with Crippen molar-refractivity contribution >= 4 is 34.9 Å². The van der Waals surface area contributed by atoms with E-state index in [1.54, 1.807) is 35.5 Å². The highest BCUT2D eigenvalue weighted by atomic mass is 35.5. The molecule has 25 heavy (non-hydrogen) atoms. The molecule has 7 heteroatoms. The van der Waals surface area contributed by atoms with E-state index in [-0.39, 0.29) is 12.1 Å². The molecule has 0 unspecified atom stereocenters. The van der Waals surface area contributed by atoms with E-state index in [0.717, 1.165) is 12.1 Å². The number of halogens is 2. The largest absolute Gasteiger partial charge is 0.322 e. The number of carbonyl (C=O) groups is 1. The normalized spacial score (nSPS) is 12.1. The van der Waals surface area contributed by atoms with Crippen LogP contribution in [0.2, 0.25) is 10.0 Å². The van der Waals surface area contributed by atoms with Crippen molar-refractivity contribution in [2.45, 2.75) is 13.0 Å². The molecule has 0 saturated carbocycles. The second-order valence-corrected chi connectivity index (χ2v) is 6.83. The van der Waals surface area contributed by atoms with E-state index in [9.17, 15) is 4.79 Å². The van der Waals surface area contributed by atoms with Gasteiger partial charge in [-0.25, -0.2) is 4.79 Å². The summed E-state index contributed by atoms with van der Waals surface area (Å²) in [5, 5.41) is 3.74. The van der Waals surface area contributed by atoms with E-state index in [4.69, 9.17) is 23.2 Å². The summed E-state index contributed by atoms with van der Waals surface area (Å²) in [4.78, 5) is 20.8. The maximum atomic E-state index is 12.8. The molecule has 0 spiro atoms. The van der Waals surface area contributed by atoms with Crippen LogP contribution in [0.5, 0.6) is 0 Å². The van der Waals surface area contributed by atoms with Gasteiger partial charge < -0.3 is 15.1 Å². The van der Waals surface area contributed by atoms with Crippen molar-refractivity contribution in [2.75, 3.05) is 32.5 Å². The fourth-order valence-corrected chi connectivity index (χ4v) is 2.65. The summed E-state index contributed by atoms with van der Waals surface area (Å²) >= 11 is 12.0. The van der Waals surface area contributed by atoms with Gasteiger partial charge in [-0.1, -0.05) is 29.3 Å². The molecule has 1 aromatic carbocycles. The number of pyridine rings is 1. The Morgan fingerprint density at radius 1 is 1.20 bits per heavy atom. The molecule has 134 valence electrons. The number of hydrogen-bond acceptors (Lipinski definition) is 3. The summed E-state index contributed by atoms with van der Waals surface area (Å²) in [5.41, 5.74) is 1.58. The van der Waals surface area contributed by atoms with Gasteiger partial charge in [-0.05, 0) is 50.8 Å². The van der Waals surface area contributed by atoms with Crippen LogP contribution in [0.15, 0.2) is 42.7 Å². The summed E-state index contributed by atoms with van der Waals surface area (Å²) in [6.45, 7) is 3.32. The van der Waals surface area contributed by atoms with E-state index in [1.807, 2.05) is 38.1 Å². The van der Waals surface area contributed by atoms with Crippen LogP contribution in [0.3, 0.4) is 0 Å². The lowest BCUT2D eigenvalue weighted by atomic mass is 10.1. The molecule has 2 aromatic rings. The van der Waals surface area contributed by atoms with Crippen molar-refractivity contribution in [1.82, 2.24) is 14.8 Å². The molecule has 2 rings (SSSR count). The van der Waals surface area contributed by atoms with Gasteiger partial charge >= 0.3 is 6.03 Å². The van der Waals surface area contributed by atoms with Crippen molar-refractivity contribution < 1.29 is 4.79 Å². The third kappa shape index (κ3) is 5.59. The Morgan fingerprint density at radius 2 is 1.96 bits per heavy atom. The standard InChI is InChI=1S/C18H22Cl2N4O/c1-13(14-5-4-8-21-12-14)24(10-9-23(2)3)18(25)22-15-6-7-16(19)17(20)11-15/h4-8,11-13H,9-10H2,1-3H3,(H,22,25)/t13-/m1/s1. The molecule has 5 nitrogen and oxygen atoms in total. The number of benzene rings is 1. The predicted octanol–water partition coefficient (Wildman–Crippen LogP) is 4.55. The van der Waals surface area contributed by atoms with Crippen molar-refractivity contribution in [2.24, 2.45) is 0 Å². The Kier molecular flexibility index (Phi) is 7.05. The first-order valence-electron chi connectivity index (χ1n) is 7.96. The fraction of sp³-hybridized carbons (Fsp3) is 0.333. The Balaban J connectivity index is 2.18. The van der Waals surface area contributed by atoms with Crippen LogP contribution < -0.4 is 5.32 Å². The van der Waals surface area contributed by atoms with Gasteiger partial charge in [0, 0.05) is 31.2 Å². The smallest absolute Gasteiger partial charge is 0.316 e. The molecule has 1 aromatic heterocycles. The van der Waals surface area contributed by atoms with Crippen molar-refractivity contribution in [3.05, 3.63) is 58.3 Å². The number of nitrogens with zero attached hydrogens (tertiary/aromatic N) is 3. The van der Waals surface area contributed by atoms with Gasteiger partial charge in [0.15, 0.2) is 0 Å². The number of hydrogen-bond donors (Lipinski definition) is 1. The van der Waals surface area contributed by atoms with Crippen LogP contribution in [0, 0.1) is 0 Å². The van der Waals surface area contributed by atoms with Gasteiger partial charge in [-0.3, -0.25) is 4.98 Å². The molecule has 0 saturated heterocycles. The monoisotopic (exact) mass is 380 g/mol. The quantitative estimate of drug-likeness (QED) is 0.799. The molecule has 0 radical (unpaired) electrons. The minimum atomic E-state index is -0.198. The van der Waals surface area contributed by atoms with E-state index in [0.29, 0.717) is 22.3 Å². The number of nitrogens with one attached hydrogen (secondary N) is 1. The molecule has 0 aliphatic carbocycles. The lowest BCUT2D eigenvalue weighted by Gasteiger charge is -2.30. The van der Waals surface area contributed by atoms with Gasteiger partial charge in [0.1, 0.15) is 0 Å². The number of amides is 2. The minimum Gasteiger partial charge on any atom is -0.316 e. The number of rotatable bonds is 6. The average molecular weight is 381 g/mol. The molecule has 2 amide bonds. The average Bonchev–Trinajstić information content (AvgIpc) is 2.58. The zero-order chi connectivity index (χ0) is 18.4. The molecule has 1 atom stereocenters. The molecule has 0 aliphatic rings. The molecular weight excluding hydrogens is 359 g/mol. The fourth-order valence-electron chi connectivity index (χ4n) is 2.35. The summed E-state index contributed by atoms with van der Waals surface area (Å²) < 4.78 is 0. The van der Waals surface area contributed by atoms with Crippen LogP contribution in [0.4, 0.5) is 10.5 Å². The molecular formula is C18H22Cl2N4O. The number of likely N-dealkylation sites (N-methyl/N-ethyl adjacent to an activating group) is 1. The van der Waals surface area contributed by atoms with E-state index < -0.39 is 0 Å². The molecule has 0 aliphatic heterocycles. The predicted molar refractivity (Wildman–Crippen MR) is 103 cm³/mol. The van der Waals surface area contributed by atoms with Crippen molar-refractivity contribution in [1.29, 1.82) is 0 Å².